The molecule has 1 aromatic carbocycles. The molecular weight excluding hydrogens is 463 g/mol. The fourth-order valence-corrected chi connectivity index (χ4v) is 8.01. The first-order chi connectivity index (χ1) is 14.4. The first-order valence-electron chi connectivity index (χ1n) is 9.98. The Morgan fingerprint density at radius 3 is 1.47 bits per heavy atom. The van der Waals surface area contributed by atoms with Gasteiger partial charge in [-0.25, -0.2) is 0 Å². The zero-order valence-electron chi connectivity index (χ0n) is 18.8. The van der Waals surface area contributed by atoms with Crippen molar-refractivity contribution in [3.05, 3.63) is 35.4 Å². The van der Waals surface area contributed by atoms with Gasteiger partial charge >= 0.3 is 183 Å². The molecule has 0 aromatic heterocycles. The standard InChI is InChI=1S/C20H28F6NO4P/c1-12(2)28-32(29-13(3)4,30-14(5)6)18(19(21,22)23,20(24,25)26)27-17(31-32)16-10-8-15(7)9-11-16/h8-14H,1-7H3. The molecular formula is C20H28F6NO4P. The summed E-state index contributed by atoms with van der Waals surface area (Å²) in [5.41, 5.74) is 0.630. The van der Waals surface area contributed by atoms with E-state index in [4.69, 9.17) is 18.1 Å². The van der Waals surface area contributed by atoms with Crippen molar-refractivity contribution in [2.24, 2.45) is 4.99 Å². The van der Waals surface area contributed by atoms with Crippen molar-refractivity contribution in [1.29, 1.82) is 0 Å². The Bertz CT molecular complexity index is 806. The summed E-state index contributed by atoms with van der Waals surface area (Å²) in [7, 11) is -6.66. The molecule has 1 aliphatic rings. The SMILES string of the molecule is Cc1ccc(C2=NC(C(F)(F)F)(C(F)(F)F)P(OC(C)C)(OC(C)C)(OC(C)C)O2)cc1. The predicted octanol–water partition coefficient (Wildman–Crippen LogP) is 7.08. The van der Waals surface area contributed by atoms with Crippen LogP contribution in [0.2, 0.25) is 0 Å². The molecule has 0 radical (unpaired) electrons. The molecule has 0 unspecified atom stereocenters. The van der Waals surface area contributed by atoms with E-state index in [2.05, 4.69) is 4.99 Å². The van der Waals surface area contributed by atoms with Gasteiger partial charge in [0.1, 0.15) is 0 Å². The predicted molar refractivity (Wildman–Crippen MR) is 109 cm³/mol. The second-order valence-electron chi connectivity index (χ2n) is 8.32. The number of halogens is 6. The maximum atomic E-state index is 14.6. The van der Waals surface area contributed by atoms with Gasteiger partial charge in [-0.2, -0.15) is 0 Å². The third kappa shape index (κ3) is 4.24. The first kappa shape index (κ1) is 26.8. The summed E-state index contributed by atoms with van der Waals surface area (Å²) in [6, 6.07) is 5.63. The molecule has 2 rings (SSSR count). The molecule has 12 heteroatoms. The topological polar surface area (TPSA) is 49.3 Å². The molecule has 1 heterocycles. The quantitative estimate of drug-likeness (QED) is 0.302. The minimum atomic E-state index is -6.66. The van der Waals surface area contributed by atoms with Crippen LogP contribution in [0.15, 0.2) is 29.3 Å². The molecule has 0 aliphatic carbocycles. The van der Waals surface area contributed by atoms with Gasteiger partial charge in [0.2, 0.25) is 0 Å². The second-order valence-corrected chi connectivity index (χ2v) is 11.4. The first-order valence-corrected chi connectivity index (χ1v) is 11.9. The van der Waals surface area contributed by atoms with Gasteiger partial charge in [-0.05, 0) is 0 Å². The van der Waals surface area contributed by atoms with Crippen LogP contribution in [-0.2, 0) is 18.1 Å². The van der Waals surface area contributed by atoms with Crippen molar-refractivity contribution < 1.29 is 44.4 Å². The Balaban J connectivity index is 3.06. The van der Waals surface area contributed by atoms with Crippen molar-refractivity contribution in [2.75, 3.05) is 0 Å². The van der Waals surface area contributed by atoms with E-state index in [1.807, 2.05) is 0 Å². The molecule has 0 bridgehead atoms. The Morgan fingerprint density at radius 1 is 0.781 bits per heavy atom. The molecule has 0 amide bonds. The molecule has 184 valence electrons. The van der Waals surface area contributed by atoms with Crippen molar-refractivity contribution in [1.82, 2.24) is 0 Å². The van der Waals surface area contributed by atoms with E-state index < -0.39 is 49.4 Å². The maximum absolute atomic E-state index is 14.6. The van der Waals surface area contributed by atoms with E-state index in [0.717, 1.165) is 5.56 Å². The number of benzene rings is 1. The van der Waals surface area contributed by atoms with Crippen LogP contribution in [0.4, 0.5) is 26.3 Å². The number of aliphatic imine (C=N–C) groups is 1. The molecule has 1 aromatic rings. The van der Waals surface area contributed by atoms with Gasteiger partial charge < -0.3 is 0 Å². The van der Waals surface area contributed by atoms with E-state index in [0.29, 0.717) is 0 Å². The normalized spacial score (nSPS) is 21.4. The molecule has 1 aliphatic heterocycles. The minimum absolute atomic E-state index is 0.105. The van der Waals surface area contributed by atoms with E-state index in [1.165, 1.54) is 65.8 Å². The van der Waals surface area contributed by atoms with Crippen LogP contribution in [0, 0.1) is 6.92 Å². The second kappa shape index (κ2) is 8.42. The fourth-order valence-electron chi connectivity index (χ4n) is 3.44. The van der Waals surface area contributed by atoms with E-state index in [1.54, 1.807) is 6.92 Å². The molecule has 0 fully saturated rings. The van der Waals surface area contributed by atoms with Gasteiger partial charge in [0.15, 0.2) is 0 Å². The van der Waals surface area contributed by atoms with Gasteiger partial charge in [-0.1, -0.05) is 0 Å². The van der Waals surface area contributed by atoms with Crippen LogP contribution in [-0.4, -0.2) is 41.8 Å². The summed E-state index contributed by atoms with van der Waals surface area (Å²) in [5, 5.41) is -4.93. The van der Waals surface area contributed by atoms with Crippen LogP contribution in [0.3, 0.4) is 0 Å². The van der Waals surface area contributed by atoms with E-state index >= 15 is 0 Å². The van der Waals surface area contributed by atoms with Crippen LogP contribution in [0.5, 0.6) is 0 Å². The third-order valence-electron chi connectivity index (χ3n) is 4.30. The summed E-state index contributed by atoms with van der Waals surface area (Å²) >= 11 is 0. The van der Waals surface area contributed by atoms with Crippen LogP contribution in [0.25, 0.3) is 0 Å². The summed E-state index contributed by atoms with van der Waals surface area (Å²) < 4.78 is 110. The number of nitrogens with zero attached hydrogens (tertiary/aromatic N) is 1. The number of alkyl halides is 6. The van der Waals surface area contributed by atoms with Crippen LogP contribution < -0.4 is 0 Å². The third-order valence-corrected chi connectivity index (χ3v) is 8.81. The Labute approximate surface area is 183 Å². The van der Waals surface area contributed by atoms with E-state index in [9.17, 15) is 26.3 Å². The summed E-state index contributed by atoms with van der Waals surface area (Å²) in [6.45, 7) is 9.33. The average molecular weight is 491 g/mol. The summed E-state index contributed by atoms with van der Waals surface area (Å²) in [5.74, 6) is -0.917. The summed E-state index contributed by atoms with van der Waals surface area (Å²) in [4.78, 5) is 3.17. The van der Waals surface area contributed by atoms with Gasteiger partial charge in [-0.15, -0.1) is 0 Å². The number of aryl methyl sites for hydroxylation is 1. The number of hydrogen-bond acceptors (Lipinski definition) is 5. The molecule has 0 saturated carbocycles. The Kier molecular flexibility index (Phi) is 7.06. The molecule has 0 atom stereocenters. The number of rotatable bonds is 7. The number of hydrogen-bond donors (Lipinski definition) is 0. The van der Waals surface area contributed by atoms with Crippen molar-refractivity contribution in [2.45, 2.75) is 84.4 Å². The Morgan fingerprint density at radius 2 is 1.16 bits per heavy atom. The van der Waals surface area contributed by atoms with Crippen molar-refractivity contribution >= 4 is 13.4 Å². The van der Waals surface area contributed by atoms with Gasteiger partial charge in [0, 0.05) is 0 Å². The van der Waals surface area contributed by atoms with Crippen molar-refractivity contribution in [3.63, 3.8) is 0 Å². The zero-order chi connectivity index (χ0) is 24.8. The molecule has 0 N–H and O–H groups in total. The van der Waals surface area contributed by atoms with Crippen molar-refractivity contribution in [3.8, 4) is 0 Å². The zero-order valence-corrected chi connectivity index (χ0v) is 19.7. The average Bonchev–Trinajstić information content (AvgIpc) is 2.84. The Hall–Kier alpha value is -1.42. The molecule has 5 nitrogen and oxygen atoms in total. The summed E-state index contributed by atoms with van der Waals surface area (Å²) in [6.07, 6.45) is -15.6. The monoisotopic (exact) mass is 491 g/mol. The van der Waals surface area contributed by atoms with E-state index in [-0.39, 0.29) is 5.56 Å². The molecule has 0 saturated heterocycles. The van der Waals surface area contributed by atoms with Gasteiger partial charge in [0.25, 0.3) is 0 Å². The van der Waals surface area contributed by atoms with Gasteiger partial charge in [-0.3, -0.25) is 0 Å². The molecule has 0 spiro atoms. The van der Waals surface area contributed by atoms with Crippen LogP contribution >= 0.6 is 7.51 Å². The fraction of sp³-hybridized carbons (Fsp3) is 0.650. The van der Waals surface area contributed by atoms with Gasteiger partial charge in [0.05, 0.1) is 0 Å². The van der Waals surface area contributed by atoms with Crippen LogP contribution in [0.1, 0.15) is 52.7 Å². The molecule has 32 heavy (non-hydrogen) atoms.